The zero-order valence-corrected chi connectivity index (χ0v) is 13.0. The molecule has 0 spiro atoms. The SMILES string of the molecule is COc1cc(OC)c(C(N)c2cc(C)oc2C)c(OC)c1. The lowest BCUT2D eigenvalue weighted by molar-refractivity contribution is 0.366. The molecule has 1 aromatic carbocycles. The molecule has 1 atom stereocenters. The molecule has 0 aliphatic rings. The summed E-state index contributed by atoms with van der Waals surface area (Å²) in [6.45, 7) is 3.79. The van der Waals surface area contributed by atoms with Gasteiger partial charge in [0.25, 0.3) is 0 Å². The lowest BCUT2D eigenvalue weighted by Gasteiger charge is -2.19. The van der Waals surface area contributed by atoms with Crippen LogP contribution >= 0.6 is 0 Å². The van der Waals surface area contributed by atoms with E-state index in [1.807, 2.05) is 19.9 Å². The van der Waals surface area contributed by atoms with E-state index in [2.05, 4.69) is 0 Å². The van der Waals surface area contributed by atoms with Crippen molar-refractivity contribution in [2.75, 3.05) is 21.3 Å². The summed E-state index contributed by atoms with van der Waals surface area (Å²) < 4.78 is 21.7. The van der Waals surface area contributed by atoms with E-state index in [1.54, 1.807) is 33.5 Å². The summed E-state index contributed by atoms with van der Waals surface area (Å²) in [5.41, 5.74) is 8.09. The van der Waals surface area contributed by atoms with E-state index in [1.165, 1.54) is 0 Å². The van der Waals surface area contributed by atoms with Gasteiger partial charge in [-0.2, -0.15) is 0 Å². The van der Waals surface area contributed by atoms with Gasteiger partial charge in [0.15, 0.2) is 0 Å². The molecule has 2 rings (SSSR count). The molecule has 2 N–H and O–H groups in total. The third kappa shape index (κ3) is 2.83. The van der Waals surface area contributed by atoms with E-state index in [9.17, 15) is 0 Å². The van der Waals surface area contributed by atoms with Gasteiger partial charge in [-0.1, -0.05) is 0 Å². The second-order valence-electron chi connectivity index (χ2n) is 4.79. The number of hydrogen-bond donors (Lipinski definition) is 1. The van der Waals surface area contributed by atoms with Gasteiger partial charge in [-0.3, -0.25) is 0 Å². The molecule has 5 nitrogen and oxygen atoms in total. The Labute approximate surface area is 124 Å². The first-order valence-corrected chi connectivity index (χ1v) is 6.64. The van der Waals surface area contributed by atoms with Crippen molar-refractivity contribution in [2.24, 2.45) is 5.73 Å². The van der Waals surface area contributed by atoms with E-state index >= 15 is 0 Å². The zero-order valence-electron chi connectivity index (χ0n) is 13.0. The van der Waals surface area contributed by atoms with E-state index in [4.69, 9.17) is 24.4 Å². The highest BCUT2D eigenvalue weighted by Crippen LogP contribution is 2.40. The molecule has 0 fully saturated rings. The second kappa shape index (κ2) is 6.10. The van der Waals surface area contributed by atoms with Crippen molar-refractivity contribution in [2.45, 2.75) is 19.9 Å². The number of furan rings is 1. The van der Waals surface area contributed by atoms with Crippen molar-refractivity contribution >= 4 is 0 Å². The molecule has 0 aliphatic carbocycles. The van der Waals surface area contributed by atoms with Gasteiger partial charge in [-0.05, 0) is 19.9 Å². The number of ether oxygens (including phenoxy) is 3. The van der Waals surface area contributed by atoms with Crippen LogP contribution in [0.2, 0.25) is 0 Å². The van der Waals surface area contributed by atoms with Gasteiger partial charge in [-0.25, -0.2) is 0 Å². The molecule has 5 heteroatoms. The fourth-order valence-corrected chi connectivity index (χ4v) is 2.45. The highest BCUT2D eigenvalue weighted by Gasteiger charge is 2.24. The monoisotopic (exact) mass is 291 g/mol. The van der Waals surface area contributed by atoms with Crippen LogP contribution in [0.25, 0.3) is 0 Å². The highest BCUT2D eigenvalue weighted by atomic mass is 16.5. The molecule has 1 unspecified atom stereocenters. The maximum atomic E-state index is 6.41. The lowest BCUT2D eigenvalue weighted by atomic mass is 9.97. The van der Waals surface area contributed by atoms with Gasteiger partial charge in [-0.15, -0.1) is 0 Å². The summed E-state index contributed by atoms with van der Waals surface area (Å²) in [6, 6.07) is 5.11. The Morgan fingerprint density at radius 3 is 1.90 bits per heavy atom. The van der Waals surface area contributed by atoms with Gasteiger partial charge >= 0.3 is 0 Å². The number of rotatable bonds is 5. The summed E-state index contributed by atoms with van der Waals surface area (Å²) in [6.07, 6.45) is 0. The van der Waals surface area contributed by atoms with Crippen LogP contribution in [-0.2, 0) is 0 Å². The molecular weight excluding hydrogens is 270 g/mol. The fraction of sp³-hybridized carbons (Fsp3) is 0.375. The van der Waals surface area contributed by atoms with Crippen molar-refractivity contribution in [3.63, 3.8) is 0 Å². The van der Waals surface area contributed by atoms with Gasteiger partial charge in [0.05, 0.1) is 32.9 Å². The molecular formula is C16H21NO4. The van der Waals surface area contributed by atoms with Gasteiger partial charge in [0.1, 0.15) is 28.8 Å². The molecule has 0 saturated carbocycles. The smallest absolute Gasteiger partial charge is 0.131 e. The Morgan fingerprint density at radius 1 is 0.952 bits per heavy atom. The molecule has 2 aromatic rings. The molecule has 0 saturated heterocycles. The van der Waals surface area contributed by atoms with E-state index in [-0.39, 0.29) is 0 Å². The number of hydrogen-bond acceptors (Lipinski definition) is 5. The third-order valence-electron chi connectivity index (χ3n) is 3.48. The topological polar surface area (TPSA) is 66.9 Å². The Balaban J connectivity index is 2.58. The van der Waals surface area contributed by atoms with Crippen LogP contribution in [0.1, 0.15) is 28.7 Å². The van der Waals surface area contributed by atoms with E-state index < -0.39 is 6.04 Å². The predicted molar refractivity (Wildman–Crippen MR) is 80.3 cm³/mol. The Bertz CT molecular complexity index is 608. The largest absolute Gasteiger partial charge is 0.496 e. The van der Waals surface area contributed by atoms with Crippen molar-refractivity contribution < 1.29 is 18.6 Å². The normalized spacial score (nSPS) is 12.1. The summed E-state index contributed by atoms with van der Waals surface area (Å²) in [5, 5.41) is 0. The number of nitrogens with two attached hydrogens (primary N) is 1. The molecule has 114 valence electrons. The first-order valence-electron chi connectivity index (χ1n) is 6.64. The van der Waals surface area contributed by atoms with Crippen molar-refractivity contribution in [1.29, 1.82) is 0 Å². The summed E-state index contributed by atoms with van der Waals surface area (Å²) in [4.78, 5) is 0. The Hall–Kier alpha value is -2.14. The first-order chi connectivity index (χ1) is 10.0. The zero-order chi connectivity index (χ0) is 15.6. The van der Waals surface area contributed by atoms with Crippen molar-refractivity contribution in [3.8, 4) is 17.2 Å². The van der Waals surface area contributed by atoms with Crippen molar-refractivity contribution in [3.05, 3.63) is 40.8 Å². The fourth-order valence-electron chi connectivity index (χ4n) is 2.45. The van der Waals surface area contributed by atoms with Crippen LogP contribution in [0.4, 0.5) is 0 Å². The molecule has 21 heavy (non-hydrogen) atoms. The summed E-state index contributed by atoms with van der Waals surface area (Å²) in [7, 11) is 4.78. The van der Waals surface area contributed by atoms with Crippen LogP contribution < -0.4 is 19.9 Å². The molecule has 1 aromatic heterocycles. The highest BCUT2D eigenvalue weighted by molar-refractivity contribution is 5.55. The van der Waals surface area contributed by atoms with Crippen LogP contribution in [0.3, 0.4) is 0 Å². The molecule has 0 amide bonds. The quantitative estimate of drug-likeness (QED) is 0.917. The average Bonchev–Trinajstić information content (AvgIpc) is 2.83. The predicted octanol–water partition coefficient (Wildman–Crippen LogP) is 2.97. The van der Waals surface area contributed by atoms with Crippen LogP contribution in [0.5, 0.6) is 17.2 Å². The van der Waals surface area contributed by atoms with E-state index in [0.717, 1.165) is 22.6 Å². The van der Waals surface area contributed by atoms with Crippen LogP contribution in [0.15, 0.2) is 22.6 Å². The molecule has 0 radical (unpaired) electrons. The van der Waals surface area contributed by atoms with Crippen LogP contribution in [0, 0.1) is 13.8 Å². The third-order valence-corrected chi connectivity index (χ3v) is 3.48. The maximum absolute atomic E-state index is 6.41. The number of methoxy groups -OCH3 is 3. The minimum atomic E-state index is -0.404. The Kier molecular flexibility index (Phi) is 4.43. The summed E-state index contributed by atoms with van der Waals surface area (Å²) in [5.74, 6) is 3.51. The first kappa shape index (κ1) is 15.3. The molecule has 0 bridgehead atoms. The van der Waals surface area contributed by atoms with Crippen molar-refractivity contribution in [1.82, 2.24) is 0 Å². The number of benzene rings is 1. The Morgan fingerprint density at radius 2 is 1.52 bits per heavy atom. The minimum absolute atomic E-state index is 0.404. The average molecular weight is 291 g/mol. The van der Waals surface area contributed by atoms with Crippen LogP contribution in [-0.4, -0.2) is 21.3 Å². The summed E-state index contributed by atoms with van der Waals surface area (Å²) >= 11 is 0. The van der Waals surface area contributed by atoms with Gasteiger partial charge < -0.3 is 24.4 Å². The molecule has 0 aliphatic heterocycles. The second-order valence-corrected chi connectivity index (χ2v) is 4.79. The standard InChI is InChI=1S/C16H21NO4/c1-9-6-12(10(2)21-9)16(17)15-13(19-4)7-11(18-3)8-14(15)20-5/h6-8,16H,17H2,1-5H3. The van der Waals surface area contributed by atoms with Gasteiger partial charge in [0.2, 0.25) is 0 Å². The van der Waals surface area contributed by atoms with E-state index in [0.29, 0.717) is 17.2 Å². The minimum Gasteiger partial charge on any atom is -0.496 e. The maximum Gasteiger partial charge on any atom is 0.131 e. The number of aryl methyl sites for hydroxylation is 2. The molecule has 1 heterocycles. The lowest BCUT2D eigenvalue weighted by Crippen LogP contribution is -2.15. The van der Waals surface area contributed by atoms with Gasteiger partial charge in [0, 0.05) is 17.7 Å².